The highest BCUT2D eigenvalue weighted by Gasteiger charge is 2.16. The van der Waals surface area contributed by atoms with Crippen molar-refractivity contribution in [3.8, 4) is 0 Å². The molecule has 0 aliphatic heterocycles. The summed E-state index contributed by atoms with van der Waals surface area (Å²) in [4.78, 5) is 33.4. The first-order valence-electron chi connectivity index (χ1n) is 5.13. The largest absolute Gasteiger partial charge is 0.478 e. The molecule has 1 aromatic carbocycles. The van der Waals surface area contributed by atoms with E-state index in [0.29, 0.717) is 0 Å². The Labute approximate surface area is 98.4 Å². The van der Waals surface area contributed by atoms with Crippen molar-refractivity contribution in [1.29, 1.82) is 0 Å². The van der Waals surface area contributed by atoms with Crippen LogP contribution < -0.4 is 5.32 Å². The van der Waals surface area contributed by atoms with Gasteiger partial charge in [-0.1, -0.05) is 18.6 Å². The Morgan fingerprint density at radius 1 is 1.29 bits per heavy atom. The van der Waals surface area contributed by atoms with Gasteiger partial charge in [0.25, 0.3) is 5.91 Å². The number of carboxylic acid groups (broad SMARTS) is 1. The van der Waals surface area contributed by atoms with Crippen molar-refractivity contribution in [2.24, 2.45) is 0 Å². The second kappa shape index (κ2) is 5.25. The molecule has 1 rings (SSSR count). The van der Waals surface area contributed by atoms with E-state index in [1.807, 2.05) is 0 Å². The summed E-state index contributed by atoms with van der Waals surface area (Å²) < 4.78 is 0. The number of amides is 1. The fourth-order valence-electron chi connectivity index (χ4n) is 1.30. The van der Waals surface area contributed by atoms with Crippen LogP contribution in [-0.2, 0) is 9.59 Å². The molecular weight excluding hydrogens is 222 g/mol. The fourth-order valence-corrected chi connectivity index (χ4v) is 1.30. The van der Waals surface area contributed by atoms with Gasteiger partial charge in [-0.05, 0) is 19.1 Å². The molecule has 0 bridgehead atoms. The van der Waals surface area contributed by atoms with Crippen LogP contribution >= 0.6 is 0 Å². The summed E-state index contributed by atoms with van der Waals surface area (Å²) >= 11 is 0. The Hall–Kier alpha value is -2.17. The second-order valence-corrected chi connectivity index (χ2v) is 3.59. The third-order valence-electron chi connectivity index (χ3n) is 2.23. The highest BCUT2D eigenvalue weighted by atomic mass is 16.4. The SMILES string of the molecule is CCC(=O)C(=O)Nc1ccc(C)cc1C(=O)O. The zero-order chi connectivity index (χ0) is 13.0. The predicted molar refractivity (Wildman–Crippen MR) is 62.1 cm³/mol. The van der Waals surface area contributed by atoms with Crippen LogP contribution in [0.2, 0.25) is 0 Å². The number of anilines is 1. The maximum atomic E-state index is 11.3. The molecule has 0 fully saturated rings. The number of hydrogen-bond donors (Lipinski definition) is 2. The summed E-state index contributed by atoms with van der Waals surface area (Å²) in [5, 5.41) is 11.3. The van der Waals surface area contributed by atoms with Gasteiger partial charge in [-0.15, -0.1) is 0 Å². The highest BCUT2D eigenvalue weighted by Crippen LogP contribution is 2.17. The van der Waals surface area contributed by atoms with Crippen molar-refractivity contribution in [1.82, 2.24) is 0 Å². The number of nitrogens with one attached hydrogen (secondary N) is 1. The molecule has 0 atom stereocenters. The Morgan fingerprint density at radius 2 is 1.94 bits per heavy atom. The maximum absolute atomic E-state index is 11.3. The number of carbonyl (C=O) groups is 3. The van der Waals surface area contributed by atoms with Gasteiger partial charge in [0.15, 0.2) is 0 Å². The van der Waals surface area contributed by atoms with Crippen molar-refractivity contribution in [3.05, 3.63) is 29.3 Å². The molecule has 5 heteroatoms. The van der Waals surface area contributed by atoms with E-state index in [2.05, 4.69) is 5.32 Å². The monoisotopic (exact) mass is 235 g/mol. The van der Waals surface area contributed by atoms with Crippen molar-refractivity contribution < 1.29 is 19.5 Å². The summed E-state index contributed by atoms with van der Waals surface area (Å²) in [6.45, 7) is 3.31. The van der Waals surface area contributed by atoms with Crippen molar-refractivity contribution in [2.45, 2.75) is 20.3 Å². The van der Waals surface area contributed by atoms with Crippen molar-refractivity contribution in [2.75, 3.05) is 5.32 Å². The zero-order valence-corrected chi connectivity index (χ0v) is 9.61. The highest BCUT2D eigenvalue weighted by molar-refractivity contribution is 6.40. The third kappa shape index (κ3) is 3.14. The topological polar surface area (TPSA) is 83.5 Å². The Balaban J connectivity index is 3.02. The molecule has 1 aromatic rings. The number of benzene rings is 1. The normalized spacial score (nSPS) is 9.76. The molecule has 0 unspecified atom stereocenters. The number of aryl methyl sites for hydroxylation is 1. The maximum Gasteiger partial charge on any atom is 0.337 e. The smallest absolute Gasteiger partial charge is 0.337 e. The first kappa shape index (κ1) is 12.9. The zero-order valence-electron chi connectivity index (χ0n) is 9.61. The average Bonchev–Trinajstić information content (AvgIpc) is 2.29. The van der Waals surface area contributed by atoms with Crippen LogP contribution in [0.4, 0.5) is 5.69 Å². The number of carboxylic acids is 1. The molecule has 0 aliphatic carbocycles. The van der Waals surface area contributed by atoms with Gasteiger partial charge in [0.1, 0.15) is 0 Å². The van der Waals surface area contributed by atoms with E-state index in [-0.39, 0.29) is 17.7 Å². The minimum absolute atomic E-state index is 0.0257. The molecule has 1 amide bonds. The van der Waals surface area contributed by atoms with Crippen LogP contribution in [0.3, 0.4) is 0 Å². The number of aromatic carboxylic acids is 1. The quantitative estimate of drug-likeness (QED) is 0.776. The molecule has 0 aromatic heterocycles. The molecule has 0 aliphatic rings. The minimum Gasteiger partial charge on any atom is -0.478 e. The summed E-state index contributed by atoms with van der Waals surface area (Å²) in [7, 11) is 0. The fraction of sp³-hybridized carbons (Fsp3) is 0.250. The first-order valence-corrected chi connectivity index (χ1v) is 5.13. The molecule has 0 saturated carbocycles. The van der Waals surface area contributed by atoms with E-state index < -0.39 is 17.7 Å². The van der Waals surface area contributed by atoms with E-state index in [1.54, 1.807) is 19.9 Å². The molecule has 0 spiro atoms. The third-order valence-corrected chi connectivity index (χ3v) is 2.23. The van der Waals surface area contributed by atoms with Crippen LogP contribution in [0.15, 0.2) is 18.2 Å². The van der Waals surface area contributed by atoms with E-state index in [9.17, 15) is 14.4 Å². The number of hydrogen-bond acceptors (Lipinski definition) is 3. The van der Waals surface area contributed by atoms with Gasteiger partial charge < -0.3 is 10.4 Å². The van der Waals surface area contributed by atoms with Gasteiger partial charge in [0.2, 0.25) is 5.78 Å². The van der Waals surface area contributed by atoms with Crippen LogP contribution in [0.25, 0.3) is 0 Å². The summed E-state index contributed by atoms with van der Waals surface area (Å²) in [5.74, 6) is -2.52. The molecule has 5 nitrogen and oxygen atoms in total. The van der Waals surface area contributed by atoms with Crippen molar-refractivity contribution >= 4 is 23.3 Å². The standard InChI is InChI=1S/C12H13NO4/c1-3-10(14)11(15)13-9-5-4-7(2)6-8(9)12(16)17/h4-6H,3H2,1-2H3,(H,13,15)(H,16,17). The predicted octanol–water partition coefficient (Wildman–Crippen LogP) is 1.61. The number of rotatable bonds is 4. The van der Waals surface area contributed by atoms with Crippen LogP contribution in [0.5, 0.6) is 0 Å². The number of carbonyl (C=O) groups excluding carboxylic acids is 2. The molecule has 2 N–H and O–H groups in total. The minimum atomic E-state index is -1.15. The van der Waals surface area contributed by atoms with Gasteiger partial charge in [0, 0.05) is 6.42 Å². The van der Waals surface area contributed by atoms with Crippen LogP contribution in [-0.4, -0.2) is 22.8 Å². The van der Waals surface area contributed by atoms with Crippen LogP contribution in [0, 0.1) is 6.92 Å². The lowest BCUT2D eigenvalue weighted by Crippen LogP contribution is -2.23. The lowest BCUT2D eigenvalue weighted by molar-refractivity contribution is -0.134. The Kier molecular flexibility index (Phi) is 3.98. The molecule has 90 valence electrons. The van der Waals surface area contributed by atoms with E-state index in [1.165, 1.54) is 12.1 Å². The van der Waals surface area contributed by atoms with E-state index in [0.717, 1.165) is 5.56 Å². The number of Topliss-reactive ketones (excluding diaryl/α,β-unsaturated/α-hetero) is 1. The van der Waals surface area contributed by atoms with E-state index >= 15 is 0 Å². The second-order valence-electron chi connectivity index (χ2n) is 3.59. The van der Waals surface area contributed by atoms with Gasteiger partial charge in [0.05, 0.1) is 11.3 Å². The summed E-state index contributed by atoms with van der Waals surface area (Å²) in [6, 6.07) is 4.58. The van der Waals surface area contributed by atoms with Crippen LogP contribution in [0.1, 0.15) is 29.3 Å². The van der Waals surface area contributed by atoms with Gasteiger partial charge in [-0.3, -0.25) is 9.59 Å². The van der Waals surface area contributed by atoms with Gasteiger partial charge in [-0.2, -0.15) is 0 Å². The Bertz CT molecular complexity index is 479. The van der Waals surface area contributed by atoms with E-state index in [4.69, 9.17) is 5.11 Å². The molecular formula is C12H13NO4. The average molecular weight is 235 g/mol. The lowest BCUT2D eigenvalue weighted by Gasteiger charge is -2.08. The summed E-state index contributed by atoms with van der Waals surface area (Å²) in [6.07, 6.45) is 0.0834. The summed E-state index contributed by atoms with van der Waals surface area (Å²) in [5.41, 5.74) is 0.874. The van der Waals surface area contributed by atoms with Gasteiger partial charge in [-0.25, -0.2) is 4.79 Å². The number of ketones is 1. The lowest BCUT2D eigenvalue weighted by atomic mass is 10.1. The first-order chi connectivity index (χ1) is 7.95. The van der Waals surface area contributed by atoms with Crippen molar-refractivity contribution in [3.63, 3.8) is 0 Å². The Morgan fingerprint density at radius 3 is 2.47 bits per heavy atom. The molecule has 17 heavy (non-hydrogen) atoms. The molecule has 0 radical (unpaired) electrons. The molecule has 0 heterocycles. The molecule has 0 saturated heterocycles. The van der Waals surface area contributed by atoms with Gasteiger partial charge >= 0.3 is 5.97 Å².